The zero-order valence-electron chi connectivity index (χ0n) is 8.66. The molecule has 2 heteroatoms. The fourth-order valence-corrected chi connectivity index (χ4v) is 1.54. The van der Waals surface area contributed by atoms with E-state index in [4.69, 9.17) is 4.84 Å². The SMILES string of the molecule is CO/N=C(/c1ccc(C)cc1)C1CC1. The Morgan fingerprint density at radius 2 is 1.93 bits per heavy atom. The van der Waals surface area contributed by atoms with Crippen molar-refractivity contribution >= 4 is 5.71 Å². The number of benzene rings is 1. The molecule has 2 nitrogen and oxygen atoms in total. The van der Waals surface area contributed by atoms with Gasteiger partial charge >= 0.3 is 0 Å². The Bertz CT molecular complexity index is 336. The molecule has 0 radical (unpaired) electrons. The van der Waals surface area contributed by atoms with Gasteiger partial charge in [0.25, 0.3) is 0 Å². The summed E-state index contributed by atoms with van der Waals surface area (Å²) in [5.74, 6) is 0.623. The first kappa shape index (κ1) is 9.25. The molecule has 0 aliphatic heterocycles. The summed E-state index contributed by atoms with van der Waals surface area (Å²) in [6.45, 7) is 2.09. The molecule has 1 aromatic rings. The summed E-state index contributed by atoms with van der Waals surface area (Å²) in [7, 11) is 1.61. The van der Waals surface area contributed by atoms with E-state index in [2.05, 4.69) is 36.3 Å². The third-order valence-electron chi connectivity index (χ3n) is 2.50. The molecule has 2 rings (SSSR count). The maximum atomic E-state index is 4.88. The highest BCUT2D eigenvalue weighted by Crippen LogP contribution is 2.33. The van der Waals surface area contributed by atoms with Gasteiger partial charge in [0, 0.05) is 5.92 Å². The minimum Gasteiger partial charge on any atom is -0.399 e. The van der Waals surface area contributed by atoms with Gasteiger partial charge in [-0.3, -0.25) is 0 Å². The molecule has 0 atom stereocenters. The van der Waals surface area contributed by atoms with Crippen LogP contribution >= 0.6 is 0 Å². The maximum absolute atomic E-state index is 4.88. The van der Waals surface area contributed by atoms with Crippen molar-refractivity contribution in [2.75, 3.05) is 7.11 Å². The molecule has 0 heterocycles. The molecule has 0 amide bonds. The van der Waals surface area contributed by atoms with Crippen LogP contribution in [0, 0.1) is 12.8 Å². The zero-order valence-corrected chi connectivity index (χ0v) is 8.66. The van der Waals surface area contributed by atoms with E-state index in [1.54, 1.807) is 7.11 Å². The average Bonchev–Trinajstić information content (AvgIpc) is 2.99. The highest BCUT2D eigenvalue weighted by atomic mass is 16.6. The summed E-state index contributed by atoms with van der Waals surface area (Å²) in [6.07, 6.45) is 2.49. The van der Waals surface area contributed by atoms with Crippen LogP contribution in [0.1, 0.15) is 24.0 Å². The second-order valence-corrected chi connectivity index (χ2v) is 3.80. The molecule has 1 saturated carbocycles. The standard InChI is InChI=1S/C12H15NO/c1-9-3-5-10(6-4-9)12(13-14-2)11-7-8-11/h3-6,11H,7-8H2,1-2H3/b13-12-. The van der Waals surface area contributed by atoms with Crippen molar-refractivity contribution in [3.8, 4) is 0 Å². The molecule has 0 unspecified atom stereocenters. The van der Waals surface area contributed by atoms with Crippen LogP contribution in [-0.2, 0) is 4.84 Å². The fraction of sp³-hybridized carbons (Fsp3) is 0.417. The van der Waals surface area contributed by atoms with Crippen LogP contribution in [0.5, 0.6) is 0 Å². The first-order valence-corrected chi connectivity index (χ1v) is 4.99. The van der Waals surface area contributed by atoms with E-state index in [1.807, 2.05) is 0 Å². The molecule has 0 bridgehead atoms. The van der Waals surface area contributed by atoms with E-state index in [0.29, 0.717) is 5.92 Å². The van der Waals surface area contributed by atoms with Gasteiger partial charge in [-0.05, 0) is 25.3 Å². The van der Waals surface area contributed by atoms with Crippen molar-refractivity contribution in [1.29, 1.82) is 0 Å². The molecular weight excluding hydrogens is 174 g/mol. The lowest BCUT2D eigenvalue weighted by Gasteiger charge is -2.04. The molecule has 1 fully saturated rings. The Kier molecular flexibility index (Phi) is 2.53. The lowest BCUT2D eigenvalue weighted by molar-refractivity contribution is 0.212. The van der Waals surface area contributed by atoms with E-state index in [1.165, 1.54) is 24.0 Å². The van der Waals surface area contributed by atoms with E-state index < -0.39 is 0 Å². The van der Waals surface area contributed by atoms with Crippen molar-refractivity contribution in [2.24, 2.45) is 11.1 Å². The number of nitrogens with zero attached hydrogens (tertiary/aromatic N) is 1. The summed E-state index contributed by atoms with van der Waals surface area (Å²) in [4.78, 5) is 4.88. The normalized spacial score (nSPS) is 16.9. The van der Waals surface area contributed by atoms with Crippen molar-refractivity contribution in [3.63, 3.8) is 0 Å². The Hall–Kier alpha value is -1.31. The number of rotatable bonds is 3. The predicted octanol–water partition coefficient (Wildman–Crippen LogP) is 2.76. The van der Waals surface area contributed by atoms with Crippen LogP contribution in [-0.4, -0.2) is 12.8 Å². The summed E-state index contributed by atoms with van der Waals surface area (Å²) in [6, 6.07) is 8.46. The van der Waals surface area contributed by atoms with Gasteiger partial charge in [0.05, 0.1) is 5.71 Å². The van der Waals surface area contributed by atoms with Gasteiger partial charge in [0.15, 0.2) is 0 Å². The second-order valence-electron chi connectivity index (χ2n) is 3.80. The van der Waals surface area contributed by atoms with Gasteiger partial charge in [-0.2, -0.15) is 0 Å². The molecule has 1 aliphatic carbocycles. The van der Waals surface area contributed by atoms with Crippen LogP contribution in [0.3, 0.4) is 0 Å². The van der Waals surface area contributed by atoms with Crippen LogP contribution in [0.15, 0.2) is 29.4 Å². The van der Waals surface area contributed by atoms with E-state index in [0.717, 1.165) is 5.71 Å². The summed E-state index contributed by atoms with van der Waals surface area (Å²) >= 11 is 0. The lowest BCUT2D eigenvalue weighted by Crippen LogP contribution is -2.03. The van der Waals surface area contributed by atoms with Gasteiger partial charge in [-0.1, -0.05) is 35.0 Å². The molecule has 0 N–H and O–H groups in total. The maximum Gasteiger partial charge on any atom is 0.106 e. The Balaban J connectivity index is 2.26. The molecule has 0 spiro atoms. The molecule has 74 valence electrons. The Morgan fingerprint density at radius 1 is 1.29 bits per heavy atom. The van der Waals surface area contributed by atoms with Gasteiger partial charge in [-0.15, -0.1) is 0 Å². The molecule has 1 aromatic carbocycles. The third kappa shape index (κ3) is 1.95. The molecule has 0 saturated heterocycles. The number of aryl methyl sites for hydroxylation is 1. The van der Waals surface area contributed by atoms with E-state index in [9.17, 15) is 0 Å². The van der Waals surface area contributed by atoms with Gasteiger partial charge in [0.1, 0.15) is 7.11 Å². The first-order chi connectivity index (χ1) is 6.81. The third-order valence-corrected chi connectivity index (χ3v) is 2.50. The lowest BCUT2D eigenvalue weighted by atomic mass is 10.1. The Morgan fingerprint density at radius 3 is 2.43 bits per heavy atom. The minimum atomic E-state index is 0.623. The molecule has 1 aliphatic rings. The first-order valence-electron chi connectivity index (χ1n) is 4.99. The van der Waals surface area contributed by atoms with E-state index >= 15 is 0 Å². The van der Waals surface area contributed by atoms with Crippen molar-refractivity contribution in [1.82, 2.24) is 0 Å². The molecular formula is C12H15NO. The second kappa shape index (κ2) is 3.82. The number of hydrogen-bond acceptors (Lipinski definition) is 2. The summed E-state index contributed by atoms with van der Waals surface area (Å²) in [5, 5.41) is 4.10. The van der Waals surface area contributed by atoms with E-state index in [-0.39, 0.29) is 0 Å². The van der Waals surface area contributed by atoms with Crippen LogP contribution in [0.2, 0.25) is 0 Å². The van der Waals surface area contributed by atoms with Crippen LogP contribution in [0.25, 0.3) is 0 Å². The number of hydrogen-bond donors (Lipinski definition) is 0. The van der Waals surface area contributed by atoms with Gasteiger partial charge < -0.3 is 4.84 Å². The predicted molar refractivity (Wildman–Crippen MR) is 57.4 cm³/mol. The topological polar surface area (TPSA) is 21.6 Å². The highest BCUT2D eigenvalue weighted by Gasteiger charge is 2.29. The van der Waals surface area contributed by atoms with Gasteiger partial charge in [-0.25, -0.2) is 0 Å². The monoisotopic (exact) mass is 189 g/mol. The summed E-state index contributed by atoms with van der Waals surface area (Å²) < 4.78 is 0. The fourth-order valence-electron chi connectivity index (χ4n) is 1.54. The van der Waals surface area contributed by atoms with Crippen molar-refractivity contribution < 1.29 is 4.84 Å². The highest BCUT2D eigenvalue weighted by molar-refractivity contribution is 6.03. The largest absolute Gasteiger partial charge is 0.399 e. The van der Waals surface area contributed by atoms with Crippen molar-refractivity contribution in [3.05, 3.63) is 35.4 Å². The van der Waals surface area contributed by atoms with Crippen molar-refractivity contribution in [2.45, 2.75) is 19.8 Å². The quantitative estimate of drug-likeness (QED) is 0.529. The molecule has 0 aromatic heterocycles. The number of oxime groups is 1. The molecule has 14 heavy (non-hydrogen) atoms. The van der Waals surface area contributed by atoms with Gasteiger partial charge in [0.2, 0.25) is 0 Å². The van der Waals surface area contributed by atoms with Crippen LogP contribution < -0.4 is 0 Å². The van der Waals surface area contributed by atoms with Crippen LogP contribution in [0.4, 0.5) is 0 Å². The zero-order chi connectivity index (χ0) is 9.97. The summed E-state index contributed by atoms with van der Waals surface area (Å²) in [5.41, 5.74) is 3.58. The smallest absolute Gasteiger partial charge is 0.106 e. The average molecular weight is 189 g/mol. The minimum absolute atomic E-state index is 0.623. The Labute approximate surface area is 84.6 Å².